The van der Waals surface area contributed by atoms with Gasteiger partial charge in [-0.2, -0.15) is 0 Å². The van der Waals surface area contributed by atoms with Crippen LogP contribution >= 0.6 is 11.3 Å². The lowest BCUT2D eigenvalue weighted by Gasteiger charge is -2.34. The number of fused-ring (bicyclic) bond motifs is 1. The average Bonchev–Trinajstić information content (AvgIpc) is 3.59. The van der Waals surface area contributed by atoms with E-state index in [1.807, 2.05) is 18.2 Å². The summed E-state index contributed by atoms with van der Waals surface area (Å²) < 4.78 is 5.52. The van der Waals surface area contributed by atoms with E-state index in [4.69, 9.17) is 4.74 Å². The van der Waals surface area contributed by atoms with Gasteiger partial charge in [-0.3, -0.25) is 14.4 Å². The Morgan fingerprint density at radius 1 is 1.03 bits per heavy atom. The molecule has 0 saturated carbocycles. The molecule has 4 heterocycles. The van der Waals surface area contributed by atoms with Gasteiger partial charge in [0.25, 0.3) is 17.6 Å². The molecule has 3 aromatic heterocycles. The quantitative estimate of drug-likeness (QED) is 0.285. The number of benzene rings is 1. The van der Waals surface area contributed by atoms with E-state index >= 15 is 0 Å². The van der Waals surface area contributed by atoms with Gasteiger partial charge in [-0.15, -0.1) is 11.3 Å². The van der Waals surface area contributed by atoms with Crippen LogP contribution in [0.25, 0.3) is 21.5 Å². The van der Waals surface area contributed by atoms with Crippen molar-refractivity contribution >= 4 is 39.8 Å². The molecule has 9 nitrogen and oxygen atoms in total. The van der Waals surface area contributed by atoms with Gasteiger partial charge in [0.1, 0.15) is 11.4 Å². The summed E-state index contributed by atoms with van der Waals surface area (Å²) >= 11 is 1.56. The second kappa shape index (κ2) is 10.7. The fourth-order valence-electron chi connectivity index (χ4n) is 4.64. The van der Waals surface area contributed by atoms with Gasteiger partial charge in [0, 0.05) is 50.6 Å². The largest absolute Gasteiger partial charge is 0.494 e. The Labute approximate surface area is 224 Å². The number of aromatic nitrogens is 3. The summed E-state index contributed by atoms with van der Waals surface area (Å²) in [6.45, 7) is 5.59. The third-order valence-electron chi connectivity index (χ3n) is 6.58. The minimum atomic E-state index is -0.626. The van der Waals surface area contributed by atoms with Gasteiger partial charge in [-0.25, -0.2) is 9.97 Å². The van der Waals surface area contributed by atoms with Crippen LogP contribution in [0.4, 0.5) is 0 Å². The molecule has 0 radical (unpaired) electrons. The topological polar surface area (TPSA) is 108 Å². The maximum absolute atomic E-state index is 13.4. The Balaban J connectivity index is 1.36. The van der Waals surface area contributed by atoms with Crippen molar-refractivity contribution in [1.82, 2.24) is 24.8 Å². The highest BCUT2D eigenvalue weighted by Gasteiger charge is 2.31. The normalized spacial score (nSPS) is 13.8. The number of pyridine rings is 1. The van der Waals surface area contributed by atoms with E-state index in [0.29, 0.717) is 46.9 Å². The molecule has 1 aliphatic heterocycles. The summed E-state index contributed by atoms with van der Waals surface area (Å²) in [4.78, 5) is 55.7. The second-order valence-corrected chi connectivity index (χ2v) is 10.7. The first kappa shape index (κ1) is 25.6. The van der Waals surface area contributed by atoms with Crippen LogP contribution in [0, 0.1) is 5.92 Å². The second-order valence-electron chi connectivity index (χ2n) is 9.62. The van der Waals surface area contributed by atoms with Gasteiger partial charge in [0.2, 0.25) is 0 Å². The SMILES string of the molecule is COc1cnc(-c2cnc(CC(C)C)s2)c2[nH]cc(C(=O)C(=O)N3CCN(C(=O)c4ccccc4)CC3)c12. The van der Waals surface area contributed by atoms with Gasteiger partial charge in [-0.05, 0) is 18.1 Å². The fraction of sp³-hybridized carbons (Fsp3) is 0.321. The predicted octanol–water partition coefficient (Wildman–Crippen LogP) is 4.06. The molecule has 1 saturated heterocycles. The molecular formula is C28H29N5O4S. The molecule has 1 fully saturated rings. The molecule has 10 heteroatoms. The molecule has 4 aromatic rings. The summed E-state index contributed by atoms with van der Waals surface area (Å²) in [7, 11) is 1.51. The summed E-state index contributed by atoms with van der Waals surface area (Å²) in [5.74, 6) is -0.414. The number of ketones is 1. The highest BCUT2D eigenvalue weighted by molar-refractivity contribution is 7.15. The molecule has 5 rings (SSSR count). The van der Waals surface area contributed by atoms with Crippen molar-refractivity contribution in [2.45, 2.75) is 20.3 Å². The third-order valence-corrected chi connectivity index (χ3v) is 7.60. The number of carbonyl (C=O) groups excluding carboxylic acids is 3. The zero-order valence-corrected chi connectivity index (χ0v) is 22.4. The number of aromatic amines is 1. The molecule has 38 heavy (non-hydrogen) atoms. The van der Waals surface area contributed by atoms with Crippen LogP contribution < -0.4 is 4.74 Å². The van der Waals surface area contributed by atoms with Gasteiger partial charge in [0.15, 0.2) is 0 Å². The van der Waals surface area contributed by atoms with E-state index < -0.39 is 11.7 Å². The van der Waals surface area contributed by atoms with Crippen LogP contribution in [0.15, 0.2) is 48.9 Å². The Hall–Kier alpha value is -4.05. The van der Waals surface area contributed by atoms with E-state index in [-0.39, 0.29) is 24.6 Å². The highest BCUT2D eigenvalue weighted by Crippen LogP contribution is 2.37. The molecule has 0 spiro atoms. The van der Waals surface area contributed by atoms with Crippen molar-refractivity contribution < 1.29 is 19.1 Å². The minimum absolute atomic E-state index is 0.0787. The van der Waals surface area contributed by atoms with Crippen LogP contribution in [0.2, 0.25) is 0 Å². The standard InChI is InChI=1S/C28H29N5O4S/c1-17(2)13-22-29-16-21(38-22)24-25-23(20(37-3)15-31-24)19(14-30-25)26(34)28(36)33-11-9-32(10-12-33)27(35)18-7-5-4-6-8-18/h4-8,14-17,30H,9-13H2,1-3H3. The average molecular weight is 532 g/mol. The number of amides is 2. The summed E-state index contributed by atoms with van der Waals surface area (Å²) in [6.07, 6.45) is 5.78. The first-order valence-electron chi connectivity index (χ1n) is 12.5. The number of methoxy groups -OCH3 is 1. The van der Waals surface area contributed by atoms with E-state index in [0.717, 1.165) is 16.3 Å². The zero-order valence-electron chi connectivity index (χ0n) is 21.6. The monoisotopic (exact) mass is 531 g/mol. The number of nitrogens with one attached hydrogen (secondary N) is 1. The molecule has 1 N–H and O–H groups in total. The molecule has 1 aromatic carbocycles. The van der Waals surface area contributed by atoms with Crippen molar-refractivity contribution in [3.8, 4) is 16.3 Å². The number of Topliss-reactive ketones (excluding diaryl/α,β-unsaturated/α-hetero) is 1. The molecule has 196 valence electrons. The highest BCUT2D eigenvalue weighted by atomic mass is 32.1. The van der Waals surface area contributed by atoms with E-state index in [9.17, 15) is 14.4 Å². The van der Waals surface area contributed by atoms with Crippen molar-refractivity contribution in [1.29, 1.82) is 0 Å². The summed E-state index contributed by atoms with van der Waals surface area (Å²) in [5.41, 5.74) is 2.13. The zero-order chi connectivity index (χ0) is 26.8. The third kappa shape index (κ3) is 4.91. The Morgan fingerprint density at radius 2 is 1.74 bits per heavy atom. The number of thiazole rings is 1. The Kier molecular flexibility index (Phi) is 7.24. The lowest BCUT2D eigenvalue weighted by Crippen LogP contribution is -2.52. The van der Waals surface area contributed by atoms with Gasteiger partial charge < -0.3 is 19.5 Å². The van der Waals surface area contributed by atoms with Crippen molar-refractivity contribution in [2.24, 2.45) is 5.92 Å². The Morgan fingerprint density at radius 3 is 2.42 bits per heavy atom. The van der Waals surface area contributed by atoms with Crippen LogP contribution in [0.1, 0.15) is 39.6 Å². The molecule has 0 unspecified atom stereocenters. The lowest BCUT2D eigenvalue weighted by molar-refractivity contribution is -0.127. The van der Waals surface area contributed by atoms with E-state index in [1.165, 1.54) is 12.0 Å². The number of piperazine rings is 1. The van der Waals surface area contributed by atoms with Gasteiger partial charge >= 0.3 is 0 Å². The maximum atomic E-state index is 13.4. The van der Waals surface area contributed by atoms with Crippen LogP contribution in [-0.4, -0.2) is 75.6 Å². The molecule has 0 aliphatic carbocycles. The number of hydrogen-bond donors (Lipinski definition) is 1. The maximum Gasteiger partial charge on any atom is 0.295 e. The van der Waals surface area contributed by atoms with Crippen molar-refractivity contribution in [3.05, 3.63) is 65.1 Å². The lowest BCUT2D eigenvalue weighted by atomic mass is 10.1. The number of rotatable bonds is 7. The number of hydrogen-bond acceptors (Lipinski definition) is 7. The van der Waals surface area contributed by atoms with E-state index in [2.05, 4.69) is 28.8 Å². The van der Waals surface area contributed by atoms with Crippen LogP contribution in [0.3, 0.4) is 0 Å². The van der Waals surface area contributed by atoms with E-state index in [1.54, 1.807) is 47.0 Å². The first-order valence-corrected chi connectivity index (χ1v) is 13.4. The number of carbonyl (C=O) groups is 3. The molecule has 1 aliphatic rings. The predicted molar refractivity (Wildman–Crippen MR) is 146 cm³/mol. The Bertz CT molecular complexity index is 1490. The number of ether oxygens (including phenoxy) is 1. The minimum Gasteiger partial charge on any atom is -0.494 e. The van der Waals surface area contributed by atoms with Crippen LogP contribution in [0.5, 0.6) is 5.75 Å². The number of nitrogens with zero attached hydrogens (tertiary/aromatic N) is 4. The smallest absolute Gasteiger partial charge is 0.295 e. The summed E-state index contributed by atoms with van der Waals surface area (Å²) in [6, 6.07) is 9.05. The van der Waals surface area contributed by atoms with Gasteiger partial charge in [0.05, 0.1) is 39.7 Å². The molecule has 0 bridgehead atoms. The van der Waals surface area contributed by atoms with Gasteiger partial charge in [-0.1, -0.05) is 32.0 Å². The molecule has 0 atom stereocenters. The summed E-state index contributed by atoms with van der Waals surface area (Å²) in [5, 5.41) is 1.54. The first-order chi connectivity index (χ1) is 18.4. The number of H-pyrrole nitrogens is 1. The molecular weight excluding hydrogens is 502 g/mol. The fourth-order valence-corrected chi connectivity index (χ4v) is 5.77. The van der Waals surface area contributed by atoms with Crippen molar-refractivity contribution in [2.75, 3.05) is 33.3 Å². The molecule has 2 amide bonds. The van der Waals surface area contributed by atoms with Crippen molar-refractivity contribution in [3.63, 3.8) is 0 Å². The van der Waals surface area contributed by atoms with Crippen LogP contribution in [-0.2, 0) is 11.2 Å².